The molecule has 1 atom stereocenters. The van der Waals surface area contributed by atoms with Crippen LogP contribution in [0, 0.1) is 0 Å². The molecular formula is C13H19NO4. The minimum Gasteiger partial charge on any atom is -0.491 e. The lowest BCUT2D eigenvalue weighted by Crippen LogP contribution is -2.50. The first-order valence-electron chi connectivity index (χ1n) is 5.69. The molecule has 18 heavy (non-hydrogen) atoms. The van der Waals surface area contributed by atoms with Gasteiger partial charge in [-0.15, -0.1) is 0 Å². The van der Waals surface area contributed by atoms with Gasteiger partial charge in [0, 0.05) is 0 Å². The first kappa shape index (κ1) is 14.5. The molecule has 0 spiro atoms. The molecule has 0 aliphatic rings. The number of esters is 1. The van der Waals surface area contributed by atoms with Gasteiger partial charge in [-0.2, -0.15) is 0 Å². The SMILES string of the molecule is COC(=O)C(C)(N)COCCOc1ccccc1. The molecule has 1 rings (SSSR count). The molecule has 2 N–H and O–H groups in total. The highest BCUT2D eigenvalue weighted by Crippen LogP contribution is 2.08. The van der Waals surface area contributed by atoms with Crippen molar-refractivity contribution in [2.45, 2.75) is 12.5 Å². The summed E-state index contributed by atoms with van der Waals surface area (Å²) in [4.78, 5) is 11.3. The molecule has 0 aliphatic heterocycles. The third-order valence-corrected chi connectivity index (χ3v) is 2.29. The van der Waals surface area contributed by atoms with Crippen molar-refractivity contribution < 1.29 is 19.0 Å². The van der Waals surface area contributed by atoms with Crippen LogP contribution in [-0.4, -0.2) is 38.4 Å². The molecule has 0 heterocycles. The van der Waals surface area contributed by atoms with E-state index >= 15 is 0 Å². The molecule has 0 bridgehead atoms. The lowest BCUT2D eigenvalue weighted by molar-refractivity contribution is -0.148. The molecule has 1 unspecified atom stereocenters. The van der Waals surface area contributed by atoms with Crippen molar-refractivity contribution in [2.75, 3.05) is 26.9 Å². The molecular weight excluding hydrogens is 234 g/mol. The van der Waals surface area contributed by atoms with Crippen molar-refractivity contribution >= 4 is 5.97 Å². The fourth-order valence-electron chi connectivity index (χ4n) is 1.31. The molecule has 1 aromatic carbocycles. The van der Waals surface area contributed by atoms with E-state index in [0.717, 1.165) is 5.75 Å². The van der Waals surface area contributed by atoms with Gasteiger partial charge in [0.1, 0.15) is 17.9 Å². The van der Waals surface area contributed by atoms with E-state index in [0.29, 0.717) is 13.2 Å². The number of hydrogen-bond donors (Lipinski definition) is 1. The maximum atomic E-state index is 11.3. The van der Waals surface area contributed by atoms with Gasteiger partial charge < -0.3 is 19.9 Å². The van der Waals surface area contributed by atoms with E-state index in [9.17, 15) is 4.79 Å². The zero-order valence-electron chi connectivity index (χ0n) is 10.7. The zero-order chi connectivity index (χ0) is 13.4. The van der Waals surface area contributed by atoms with Crippen LogP contribution >= 0.6 is 0 Å². The van der Waals surface area contributed by atoms with Crippen LogP contribution in [0.15, 0.2) is 30.3 Å². The number of rotatable bonds is 7. The summed E-state index contributed by atoms with van der Waals surface area (Å²) in [7, 11) is 1.30. The van der Waals surface area contributed by atoms with Gasteiger partial charge in [0.2, 0.25) is 0 Å². The van der Waals surface area contributed by atoms with Crippen molar-refractivity contribution in [2.24, 2.45) is 5.73 Å². The van der Waals surface area contributed by atoms with Crippen molar-refractivity contribution in [3.05, 3.63) is 30.3 Å². The van der Waals surface area contributed by atoms with Crippen LogP contribution in [0.1, 0.15) is 6.92 Å². The summed E-state index contributed by atoms with van der Waals surface area (Å²) in [5, 5.41) is 0. The van der Waals surface area contributed by atoms with Crippen molar-refractivity contribution in [3.63, 3.8) is 0 Å². The van der Waals surface area contributed by atoms with Crippen LogP contribution in [0.5, 0.6) is 5.75 Å². The number of para-hydroxylation sites is 1. The van der Waals surface area contributed by atoms with E-state index in [-0.39, 0.29) is 6.61 Å². The number of ether oxygens (including phenoxy) is 3. The lowest BCUT2D eigenvalue weighted by atomic mass is 10.1. The number of nitrogens with two attached hydrogens (primary N) is 1. The Morgan fingerprint density at radius 2 is 1.94 bits per heavy atom. The standard InChI is InChI=1S/C13H19NO4/c1-13(14,12(15)16-2)10-17-8-9-18-11-6-4-3-5-7-11/h3-7H,8-10,14H2,1-2H3. The Bertz CT molecular complexity index is 365. The Balaban J connectivity index is 2.17. The van der Waals surface area contributed by atoms with Gasteiger partial charge >= 0.3 is 5.97 Å². The maximum absolute atomic E-state index is 11.3. The summed E-state index contributed by atoms with van der Waals surface area (Å²) in [6, 6.07) is 9.43. The largest absolute Gasteiger partial charge is 0.491 e. The molecule has 0 amide bonds. The fourth-order valence-corrected chi connectivity index (χ4v) is 1.31. The summed E-state index contributed by atoms with van der Waals surface area (Å²) in [6.45, 7) is 2.43. The molecule has 0 saturated carbocycles. The number of hydrogen-bond acceptors (Lipinski definition) is 5. The Morgan fingerprint density at radius 1 is 1.28 bits per heavy atom. The molecule has 1 aromatic rings. The van der Waals surface area contributed by atoms with Crippen LogP contribution in [0.25, 0.3) is 0 Å². The monoisotopic (exact) mass is 253 g/mol. The van der Waals surface area contributed by atoms with Gasteiger partial charge in [0.25, 0.3) is 0 Å². The quantitative estimate of drug-likeness (QED) is 0.579. The molecule has 0 aromatic heterocycles. The zero-order valence-corrected chi connectivity index (χ0v) is 10.7. The van der Waals surface area contributed by atoms with Gasteiger partial charge in [-0.1, -0.05) is 18.2 Å². The predicted molar refractivity (Wildman–Crippen MR) is 67.4 cm³/mol. The van der Waals surface area contributed by atoms with Crippen molar-refractivity contribution in [1.82, 2.24) is 0 Å². The molecule has 0 fully saturated rings. The topological polar surface area (TPSA) is 70.8 Å². The lowest BCUT2D eigenvalue weighted by Gasteiger charge is -2.21. The minimum atomic E-state index is -1.12. The van der Waals surface area contributed by atoms with Crippen LogP contribution in [-0.2, 0) is 14.3 Å². The normalized spacial score (nSPS) is 13.7. The average molecular weight is 253 g/mol. The number of carbonyl (C=O) groups is 1. The van der Waals surface area contributed by atoms with E-state index < -0.39 is 11.5 Å². The summed E-state index contributed by atoms with van der Waals surface area (Å²) >= 11 is 0. The smallest absolute Gasteiger partial charge is 0.327 e. The highest BCUT2D eigenvalue weighted by Gasteiger charge is 2.29. The van der Waals surface area contributed by atoms with E-state index in [2.05, 4.69) is 4.74 Å². The third kappa shape index (κ3) is 4.73. The van der Waals surface area contributed by atoms with Gasteiger partial charge in [-0.25, -0.2) is 4.79 Å². The van der Waals surface area contributed by atoms with Crippen molar-refractivity contribution in [1.29, 1.82) is 0 Å². The Kier molecular flexibility index (Phi) is 5.61. The Hall–Kier alpha value is -1.59. The molecule has 0 radical (unpaired) electrons. The van der Waals surface area contributed by atoms with Gasteiger partial charge in [0.05, 0.1) is 20.3 Å². The summed E-state index contributed by atoms with van der Waals surface area (Å²) in [5.41, 5.74) is 4.60. The van der Waals surface area contributed by atoms with Crippen molar-refractivity contribution in [3.8, 4) is 5.75 Å². The highest BCUT2D eigenvalue weighted by atomic mass is 16.5. The van der Waals surface area contributed by atoms with Crippen LogP contribution in [0.3, 0.4) is 0 Å². The fraction of sp³-hybridized carbons (Fsp3) is 0.462. The van der Waals surface area contributed by atoms with E-state index in [4.69, 9.17) is 15.2 Å². The summed E-state index contributed by atoms with van der Waals surface area (Å²) < 4.78 is 15.3. The Labute approximate surface area is 107 Å². The van der Waals surface area contributed by atoms with E-state index in [1.165, 1.54) is 7.11 Å². The third-order valence-electron chi connectivity index (χ3n) is 2.29. The van der Waals surface area contributed by atoms with E-state index in [1.807, 2.05) is 30.3 Å². The van der Waals surface area contributed by atoms with Gasteiger partial charge in [-0.05, 0) is 19.1 Å². The molecule has 100 valence electrons. The second-order valence-electron chi connectivity index (χ2n) is 4.12. The van der Waals surface area contributed by atoms with Crippen LogP contribution < -0.4 is 10.5 Å². The first-order chi connectivity index (χ1) is 8.56. The average Bonchev–Trinajstić information content (AvgIpc) is 2.38. The number of methoxy groups -OCH3 is 1. The van der Waals surface area contributed by atoms with Gasteiger partial charge in [0.15, 0.2) is 0 Å². The molecule has 5 heteroatoms. The number of benzene rings is 1. The minimum absolute atomic E-state index is 0.0951. The second kappa shape index (κ2) is 6.98. The summed E-state index contributed by atoms with van der Waals surface area (Å²) in [5.74, 6) is 0.288. The summed E-state index contributed by atoms with van der Waals surface area (Å²) in [6.07, 6.45) is 0. The Morgan fingerprint density at radius 3 is 2.56 bits per heavy atom. The highest BCUT2D eigenvalue weighted by molar-refractivity contribution is 5.80. The number of carbonyl (C=O) groups excluding carboxylic acids is 1. The second-order valence-corrected chi connectivity index (χ2v) is 4.12. The molecule has 5 nitrogen and oxygen atoms in total. The molecule has 0 aliphatic carbocycles. The predicted octanol–water partition coefficient (Wildman–Crippen LogP) is 0.972. The first-order valence-corrected chi connectivity index (χ1v) is 5.69. The maximum Gasteiger partial charge on any atom is 0.327 e. The van der Waals surface area contributed by atoms with Crippen LogP contribution in [0.2, 0.25) is 0 Å². The van der Waals surface area contributed by atoms with E-state index in [1.54, 1.807) is 6.92 Å². The van der Waals surface area contributed by atoms with Gasteiger partial charge in [-0.3, -0.25) is 0 Å². The molecule has 0 saturated heterocycles. The van der Waals surface area contributed by atoms with Crippen LogP contribution in [0.4, 0.5) is 0 Å².